The van der Waals surface area contributed by atoms with Crippen molar-refractivity contribution in [2.24, 2.45) is 5.73 Å². The maximum absolute atomic E-state index is 11.8. The molecule has 0 spiro atoms. The maximum atomic E-state index is 11.8. The average molecular weight is 323 g/mol. The Labute approximate surface area is 136 Å². The second-order valence-corrected chi connectivity index (χ2v) is 5.19. The molecule has 7 heteroatoms. The van der Waals surface area contributed by atoms with Crippen molar-refractivity contribution < 1.29 is 19.4 Å². The van der Waals surface area contributed by atoms with E-state index in [4.69, 9.17) is 15.6 Å². The smallest absolute Gasteiger partial charge is 0.326 e. The summed E-state index contributed by atoms with van der Waals surface area (Å²) in [5, 5.41) is 14.6. The standard InChI is InChI=1S/C16H25N3O4/c1-23-13-7-5-12(6-8-13)10-18-11-15(20)19-14(16(21)22)4-2-3-9-17/h5-8,14,18H,2-4,9-11,17H2,1H3,(H,19,20)(H,21,22)/t14-/m0/s1. The number of carbonyl (C=O) groups is 2. The lowest BCUT2D eigenvalue weighted by Gasteiger charge is -2.14. The summed E-state index contributed by atoms with van der Waals surface area (Å²) in [6.07, 6.45) is 1.80. The van der Waals surface area contributed by atoms with Crippen molar-refractivity contribution in [1.29, 1.82) is 0 Å². The van der Waals surface area contributed by atoms with Crippen LogP contribution in [0.3, 0.4) is 0 Å². The zero-order valence-electron chi connectivity index (χ0n) is 13.4. The van der Waals surface area contributed by atoms with Gasteiger partial charge in [0.1, 0.15) is 11.8 Å². The summed E-state index contributed by atoms with van der Waals surface area (Å²) in [6.45, 7) is 1.10. The summed E-state index contributed by atoms with van der Waals surface area (Å²) in [5.41, 5.74) is 6.39. The van der Waals surface area contributed by atoms with Crippen molar-refractivity contribution in [2.75, 3.05) is 20.2 Å². The molecule has 0 aliphatic heterocycles. The van der Waals surface area contributed by atoms with Gasteiger partial charge in [0.05, 0.1) is 13.7 Å². The van der Waals surface area contributed by atoms with Gasteiger partial charge in [0.15, 0.2) is 0 Å². The number of hydrogen-bond donors (Lipinski definition) is 4. The van der Waals surface area contributed by atoms with Crippen molar-refractivity contribution in [3.8, 4) is 5.75 Å². The van der Waals surface area contributed by atoms with E-state index in [2.05, 4.69) is 10.6 Å². The van der Waals surface area contributed by atoms with Crippen LogP contribution in [0, 0.1) is 0 Å². The van der Waals surface area contributed by atoms with Gasteiger partial charge in [-0.25, -0.2) is 4.79 Å². The molecule has 23 heavy (non-hydrogen) atoms. The van der Waals surface area contributed by atoms with E-state index in [-0.39, 0.29) is 12.5 Å². The van der Waals surface area contributed by atoms with Gasteiger partial charge in [-0.2, -0.15) is 0 Å². The third-order valence-corrected chi connectivity index (χ3v) is 3.35. The van der Waals surface area contributed by atoms with Crippen LogP contribution in [0.2, 0.25) is 0 Å². The molecule has 0 aliphatic carbocycles. The first-order chi connectivity index (χ1) is 11.1. The first-order valence-corrected chi connectivity index (χ1v) is 7.62. The van der Waals surface area contributed by atoms with E-state index in [9.17, 15) is 9.59 Å². The van der Waals surface area contributed by atoms with Gasteiger partial charge in [0, 0.05) is 6.54 Å². The highest BCUT2D eigenvalue weighted by atomic mass is 16.5. The number of aliphatic carboxylic acids is 1. The molecule has 5 N–H and O–H groups in total. The summed E-state index contributed by atoms with van der Waals surface area (Å²) in [5.74, 6) is -0.586. The van der Waals surface area contributed by atoms with Gasteiger partial charge in [-0.3, -0.25) is 4.79 Å². The Bertz CT molecular complexity index is 491. The Kier molecular flexibility index (Phi) is 8.71. The van der Waals surface area contributed by atoms with E-state index in [1.807, 2.05) is 24.3 Å². The second kappa shape index (κ2) is 10.6. The van der Waals surface area contributed by atoms with Crippen LogP contribution in [0.5, 0.6) is 5.75 Å². The fourth-order valence-electron chi connectivity index (χ4n) is 2.06. The van der Waals surface area contributed by atoms with Gasteiger partial charge >= 0.3 is 5.97 Å². The SMILES string of the molecule is COc1ccc(CNCC(=O)N[C@@H](CCCCN)C(=O)O)cc1. The van der Waals surface area contributed by atoms with E-state index in [0.717, 1.165) is 17.7 Å². The topological polar surface area (TPSA) is 114 Å². The molecule has 0 aliphatic rings. The average Bonchev–Trinajstić information content (AvgIpc) is 2.54. The molecule has 0 saturated heterocycles. The van der Waals surface area contributed by atoms with Crippen LogP contribution in [-0.4, -0.2) is 43.2 Å². The van der Waals surface area contributed by atoms with Crippen LogP contribution in [0.25, 0.3) is 0 Å². The normalized spacial score (nSPS) is 11.7. The number of carbonyl (C=O) groups excluding carboxylic acids is 1. The summed E-state index contributed by atoms with van der Waals surface area (Å²) in [6, 6.07) is 6.62. The Hall–Kier alpha value is -2.12. The van der Waals surface area contributed by atoms with Gasteiger partial charge in [-0.1, -0.05) is 12.1 Å². The molecule has 0 unspecified atom stereocenters. The lowest BCUT2D eigenvalue weighted by Crippen LogP contribution is -2.44. The number of methoxy groups -OCH3 is 1. The Morgan fingerprint density at radius 3 is 2.52 bits per heavy atom. The molecule has 1 aromatic carbocycles. The number of nitrogens with one attached hydrogen (secondary N) is 2. The number of amides is 1. The largest absolute Gasteiger partial charge is 0.497 e. The number of carboxylic acids is 1. The molecular formula is C16H25N3O4. The highest BCUT2D eigenvalue weighted by Crippen LogP contribution is 2.10. The fourth-order valence-corrected chi connectivity index (χ4v) is 2.06. The molecule has 1 amide bonds. The molecule has 1 rings (SSSR count). The second-order valence-electron chi connectivity index (χ2n) is 5.19. The molecule has 0 bridgehead atoms. The molecule has 1 aromatic rings. The third kappa shape index (κ3) is 7.62. The first kappa shape index (κ1) is 18.9. The van der Waals surface area contributed by atoms with Crippen molar-refractivity contribution in [3.05, 3.63) is 29.8 Å². The molecule has 7 nitrogen and oxygen atoms in total. The van der Waals surface area contributed by atoms with Crippen molar-refractivity contribution >= 4 is 11.9 Å². The van der Waals surface area contributed by atoms with Gasteiger partial charge in [0.2, 0.25) is 5.91 Å². The Morgan fingerprint density at radius 1 is 1.26 bits per heavy atom. The van der Waals surface area contributed by atoms with Crippen molar-refractivity contribution in [1.82, 2.24) is 10.6 Å². The molecule has 0 saturated carbocycles. The highest BCUT2D eigenvalue weighted by molar-refractivity contribution is 5.84. The molecule has 128 valence electrons. The number of unbranched alkanes of at least 4 members (excludes halogenated alkanes) is 1. The minimum Gasteiger partial charge on any atom is -0.497 e. The van der Waals surface area contributed by atoms with Crippen LogP contribution >= 0.6 is 0 Å². The maximum Gasteiger partial charge on any atom is 0.326 e. The van der Waals surface area contributed by atoms with E-state index in [1.165, 1.54) is 0 Å². The molecular weight excluding hydrogens is 298 g/mol. The number of hydrogen-bond acceptors (Lipinski definition) is 5. The summed E-state index contributed by atoms with van der Waals surface area (Å²) in [7, 11) is 1.60. The van der Waals surface area contributed by atoms with Gasteiger partial charge in [-0.05, 0) is 43.5 Å². The molecule has 0 radical (unpaired) electrons. The highest BCUT2D eigenvalue weighted by Gasteiger charge is 2.18. The molecule has 0 aromatic heterocycles. The van der Waals surface area contributed by atoms with E-state index in [0.29, 0.717) is 25.9 Å². The zero-order chi connectivity index (χ0) is 17.1. The predicted molar refractivity (Wildman–Crippen MR) is 87.2 cm³/mol. The lowest BCUT2D eigenvalue weighted by molar-refractivity contribution is -0.141. The minimum absolute atomic E-state index is 0.0622. The lowest BCUT2D eigenvalue weighted by atomic mass is 10.1. The fraction of sp³-hybridized carbons (Fsp3) is 0.500. The summed E-state index contributed by atoms with van der Waals surface area (Å²) in [4.78, 5) is 22.9. The van der Waals surface area contributed by atoms with Crippen LogP contribution in [0.1, 0.15) is 24.8 Å². The van der Waals surface area contributed by atoms with Crippen molar-refractivity contribution in [3.63, 3.8) is 0 Å². The van der Waals surface area contributed by atoms with Gasteiger partial charge in [0.25, 0.3) is 0 Å². The summed E-state index contributed by atoms with van der Waals surface area (Å²) >= 11 is 0. The number of benzene rings is 1. The number of nitrogens with two attached hydrogens (primary N) is 1. The van der Waals surface area contributed by atoms with Gasteiger partial charge < -0.3 is 26.2 Å². The first-order valence-electron chi connectivity index (χ1n) is 7.62. The van der Waals surface area contributed by atoms with Crippen LogP contribution in [0.15, 0.2) is 24.3 Å². The van der Waals surface area contributed by atoms with Gasteiger partial charge in [-0.15, -0.1) is 0 Å². The molecule has 0 fully saturated rings. The Balaban J connectivity index is 2.32. The number of rotatable bonds is 11. The third-order valence-electron chi connectivity index (χ3n) is 3.35. The van der Waals surface area contributed by atoms with Crippen LogP contribution in [-0.2, 0) is 16.1 Å². The van der Waals surface area contributed by atoms with Crippen LogP contribution in [0.4, 0.5) is 0 Å². The quantitative estimate of drug-likeness (QED) is 0.441. The van der Waals surface area contributed by atoms with E-state index >= 15 is 0 Å². The number of ether oxygens (including phenoxy) is 1. The van der Waals surface area contributed by atoms with E-state index < -0.39 is 12.0 Å². The number of carboxylic acid groups (broad SMARTS) is 1. The molecule has 1 atom stereocenters. The monoisotopic (exact) mass is 323 g/mol. The van der Waals surface area contributed by atoms with Crippen molar-refractivity contribution in [2.45, 2.75) is 31.8 Å². The zero-order valence-corrected chi connectivity index (χ0v) is 13.4. The minimum atomic E-state index is -1.02. The summed E-state index contributed by atoms with van der Waals surface area (Å²) < 4.78 is 5.07. The van der Waals surface area contributed by atoms with Crippen LogP contribution < -0.4 is 21.1 Å². The predicted octanol–water partition coefficient (Wildman–Crippen LogP) is 0.483. The molecule has 0 heterocycles. The Morgan fingerprint density at radius 2 is 1.96 bits per heavy atom. The van der Waals surface area contributed by atoms with E-state index in [1.54, 1.807) is 7.11 Å².